The number of aryl methyl sites for hydroxylation is 1. The Morgan fingerprint density at radius 3 is 2.33 bits per heavy atom. The topological polar surface area (TPSA) is 71.1 Å². The molecule has 1 aromatic carbocycles. The molecular formula is C23H33N3O4. The van der Waals surface area contributed by atoms with Gasteiger partial charge >= 0.3 is 6.03 Å². The van der Waals surface area contributed by atoms with Gasteiger partial charge in [0, 0.05) is 50.0 Å². The van der Waals surface area contributed by atoms with Crippen LogP contribution in [-0.4, -0.2) is 67.2 Å². The zero-order valence-electron chi connectivity index (χ0n) is 18.1. The Morgan fingerprint density at radius 1 is 1.07 bits per heavy atom. The monoisotopic (exact) mass is 415 g/mol. The predicted octanol–water partition coefficient (Wildman–Crippen LogP) is 3.42. The third-order valence-corrected chi connectivity index (χ3v) is 6.59. The lowest BCUT2D eigenvalue weighted by molar-refractivity contribution is -0.141. The van der Waals surface area contributed by atoms with E-state index in [1.54, 1.807) is 7.11 Å². The molecule has 30 heavy (non-hydrogen) atoms. The van der Waals surface area contributed by atoms with Gasteiger partial charge in [-0.25, -0.2) is 4.79 Å². The Balaban J connectivity index is 1.35. The van der Waals surface area contributed by atoms with Crippen molar-refractivity contribution in [1.29, 1.82) is 0 Å². The third kappa shape index (κ3) is 4.72. The van der Waals surface area contributed by atoms with Crippen LogP contribution in [-0.2, 0) is 9.53 Å². The van der Waals surface area contributed by atoms with Crippen LogP contribution in [0.5, 0.6) is 5.75 Å². The summed E-state index contributed by atoms with van der Waals surface area (Å²) in [5.74, 6) is 1.34. The lowest BCUT2D eigenvalue weighted by Crippen LogP contribution is -2.54. The summed E-state index contributed by atoms with van der Waals surface area (Å²) in [4.78, 5) is 29.9. The standard InChI is InChI=1S/C23H33N3O4/c1-16-15-20(29-2)5-6-21(16)24-23(28)25-11-7-18(8-12-25)26(22(27)17-3-4-17)19-9-13-30-14-10-19/h5-6,15,17-19H,3-4,7-14H2,1-2H3,(H,24,28). The van der Waals surface area contributed by atoms with Crippen molar-refractivity contribution in [2.75, 3.05) is 38.7 Å². The van der Waals surface area contributed by atoms with Gasteiger partial charge < -0.3 is 24.6 Å². The van der Waals surface area contributed by atoms with E-state index >= 15 is 0 Å². The molecule has 7 heteroatoms. The maximum Gasteiger partial charge on any atom is 0.321 e. The number of nitrogens with one attached hydrogen (secondary N) is 1. The lowest BCUT2D eigenvalue weighted by atomic mass is 9.97. The maximum atomic E-state index is 13.0. The van der Waals surface area contributed by atoms with E-state index in [1.165, 1.54) is 0 Å². The summed E-state index contributed by atoms with van der Waals surface area (Å²) in [6.07, 6.45) is 5.59. The van der Waals surface area contributed by atoms with Gasteiger partial charge in [-0.05, 0) is 69.2 Å². The average molecular weight is 416 g/mol. The van der Waals surface area contributed by atoms with Crippen molar-refractivity contribution in [3.63, 3.8) is 0 Å². The molecule has 0 spiro atoms. The Hall–Kier alpha value is -2.28. The molecule has 0 unspecified atom stereocenters. The molecule has 0 aromatic heterocycles. The summed E-state index contributed by atoms with van der Waals surface area (Å²) >= 11 is 0. The quantitative estimate of drug-likeness (QED) is 0.800. The van der Waals surface area contributed by atoms with Gasteiger partial charge in [0.15, 0.2) is 0 Å². The van der Waals surface area contributed by atoms with Crippen LogP contribution in [0.4, 0.5) is 10.5 Å². The van der Waals surface area contributed by atoms with Crippen molar-refractivity contribution in [2.24, 2.45) is 5.92 Å². The molecule has 1 N–H and O–H groups in total. The van der Waals surface area contributed by atoms with Gasteiger partial charge in [-0.2, -0.15) is 0 Å². The van der Waals surface area contributed by atoms with Gasteiger partial charge in [-0.1, -0.05) is 0 Å². The van der Waals surface area contributed by atoms with Crippen LogP contribution < -0.4 is 10.1 Å². The van der Waals surface area contributed by atoms with Crippen molar-refractivity contribution in [2.45, 2.75) is 57.5 Å². The zero-order chi connectivity index (χ0) is 21.1. The second-order valence-electron chi connectivity index (χ2n) is 8.69. The van der Waals surface area contributed by atoms with Crippen molar-refractivity contribution in [3.05, 3.63) is 23.8 Å². The fourth-order valence-corrected chi connectivity index (χ4v) is 4.61. The molecule has 3 amide bonds. The molecule has 3 aliphatic rings. The minimum atomic E-state index is -0.0761. The zero-order valence-corrected chi connectivity index (χ0v) is 18.1. The molecule has 7 nitrogen and oxygen atoms in total. The van der Waals surface area contributed by atoms with E-state index in [1.807, 2.05) is 30.0 Å². The first kappa shape index (κ1) is 21.0. The number of amides is 3. The summed E-state index contributed by atoms with van der Waals surface area (Å²) in [5, 5.41) is 3.02. The molecule has 1 saturated carbocycles. The van der Waals surface area contributed by atoms with Crippen LogP contribution in [0.15, 0.2) is 18.2 Å². The number of anilines is 1. The molecule has 0 atom stereocenters. The van der Waals surface area contributed by atoms with Crippen LogP contribution in [0.3, 0.4) is 0 Å². The van der Waals surface area contributed by atoms with Crippen LogP contribution in [0, 0.1) is 12.8 Å². The third-order valence-electron chi connectivity index (χ3n) is 6.59. The van der Waals surface area contributed by atoms with Gasteiger partial charge in [-0.3, -0.25) is 4.79 Å². The molecule has 2 saturated heterocycles. The first-order valence-electron chi connectivity index (χ1n) is 11.2. The minimum absolute atomic E-state index is 0.0761. The Bertz CT molecular complexity index is 766. The highest BCUT2D eigenvalue weighted by Crippen LogP contribution is 2.35. The van der Waals surface area contributed by atoms with Crippen LogP contribution in [0.2, 0.25) is 0 Å². The summed E-state index contributed by atoms with van der Waals surface area (Å²) < 4.78 is 10.7. The number of rotatable bonds is 5. The molecule has 1 aliphatic carbocycles. The fourth-order valence-electron chi connectivity index (χ4n) is 4.61. The van der Waals surface area contributed by atoms with E-state index in [4.69, 9.17) is 9.47 Å². The van der Waals surface area contributed by atoms with Crippen LogP contribution in [0.25, 0.3) is 0 Å². The second-order valence-corrected chi connectivity index (χ2v) is 8.69. The van der Waals surface area contributed by atoms with Crippen molar-refractivity contribution < 1.29 is 19.1 Å². The van der Waals surface area contributed by atoms with E-state index < -0.39 is 0 Å². The summed E-state index contributed by atoms with van der Waals surface area (Å²) in [7, 11) is 1.63. The van der Waals surface area contributed by atoms with E-state index in [-0.39, 0.29) is 18.0 Å². The normalized spacial score (nSPS) is 20.7. The molecule has 2 heterocycles. The number of methoxy groups -OCH3 is 1. The molecule has 4 rings (SSSR count). The molecule has 3 fully saturated rings. The van der Waals surface area contributed by atoms with Crippen LogP contribution >= 0.6 is 0 Å². The molecule has 1 aromatic rings. The Kier molecular flexibility index (Phi) is 6.46. The number of carbonyl (C=O) groups is 2. The molecule has 0 radical (unpaired) electrons. The molecule has 2 aliphatic heterocycles. The number of hydrogen-bond donors (Lipinski definition) is 1. The minimum Gasteiger partial charge on any atom is -0.497 e. The predicted molar refractivity (Wildman–Crippen MR) is 115 cm³/mol. The first-order chi connectivity index (χ1) is 14.6. The van der Waals surface area contributed by atoms with Crippen molar-refractivity contribution in [1.82, 2.24) is 9.80 Å². The average Bonchev–Trinajstić information content (AvgIpc) is 3.62. The van der Waals surface area contributed by atoms with Gasteiger partial charge in [-0.15, -0.1) is 0 Å². The summed E-state index contributed by atoms with van der Waals surface area (Å²) in [6, 6.07) is 6.08. The number of piperidine rings is 1. The largest absolute Gasteiger partial charge is 0.497 e. The molecular weight excluding hydrogens is 382 g/mol. The number of benzene rings is 1. The number of hydrogen-bond acceptors (Lipinski definition) is 4. The van der Waals surface area contributed by atoms with Crippen LogP contribution in [0.1, 0.15) is 44.1 Å². The first-order valence-corrected chi connectivity index (χ1v) is 11.2. The smallest absolute Gasteiger partial charge is 0.321 e. The van der Waals surface area contributed by atoms with Gasteiger partial charge in [0.1, 0.15) is 5.75 Å². The van der Waals surface area contributed by atoms with E-state index in [2.05, 4.69) is 10.2 Å². The highest BCUT2D eigenvalue weighted by Gasteiger charge is 2.41. The maximum absolute atomic E-state index is 13.0. The van der Waals surface area contributed by atoms with Crippen molar-refractivity contribution >= 4 is 17.6 Å². The number of likely N-dealkylation sites (tertiary alicyclic amines) is 1. The van der Waals surface area contributed by atoms with Gasteiger partial charge in [0.2, 0.25) is 5.91 Å². The second kappa shape index (κ2) is 9.25. The lowest BCUT2D eigenvalue weighted by Gasteiger charge is -2.43. The van der Waals surface area contributed by atoms with Gasteiger partial charge in [0.05, 0.1) is 7.11 Å². The highest BCUT2D eigenvalue weighted by atomic mass is 16.5. The number of nitrogens with zero attached hydrogens (tertiary/aromatic N) is 2. The Morgan fingerprint density at radius 2 is 1.73 bits per heavy atom. The summed E-state index contributed by atoms with van der Waals surface area (Å²) in [6.45, 7) is 4.77. The van der Waals surface area contributed by atoms with E-state index in [9.17, 15) is 9.59 Å². The number of carbonyl (C=O) groups excluding carboxylic acids is 2. The highest BCUT2D eigenvalue weighted by molar-refractivity contribution is 5.90. The molecule has 164 valence electrons. The van der Waals surface area contributed by atoms with E-state index in [0.717, 1.165) is 68.7 Å². The SMILES string of the molecule is COc1ccc(NC(=O)N2CCC(N(C(=O)C3CC3)C3CCOCC3)CC2)c(C)c1. The van der Waals surface area contributed by atoms with Gasteiger partial charge in [0.25, 0.3) is 0 Å². The summed E-state index contributed by atoms with van der Waals surface area (Å²) in [5.41, 5.74) is 1.77. The fraction of sp³-hybridized carbons (Fsp3) is 0.652. The number of urea groups is 1. The van der Waals surface area contributed by atoms with E-state index in [0.29, 0.717) is 25.0 Å². The van der Waals surface area contributed by atoms with Crippen molar-refractivity contribution in [3.8, 4) is 5.75 Å². The number of ether oxygens (including phenoxy) is 2. The molecule has 0 bridgehead atoms. The Labute approximate surface area is 178 Å².